The van der Waals surface area contributed by atoms with Crippen molar-refractivity contribution in [1.82, 2.24) is 20.0 Å². The maximum Gasteiger partial charge on any atom is 0.493 e. The number of hydrogen-bond acceptors (Lipinski definition) is 8. The molecule has 10 nitrogen and oxygen atoms in total. The molecular weight excluding hydrogens is 517 g/mol. The lowest BCUT2D eigenvalue weighted by Gasteiger charge is -2.13. The fraction of sp³-hybridized carbons (Fsp3) is 0.200. The highest BCUT2D eigenvalue weighted by atomic mass is 32.2. The Morgan fingerprint density at radius 2 is 1.72 bits per heavy atom. The Morgan fingerprint density at radius 3 is 2.25 bits per heavy atom. The molecule has 2 N–H and O–H groups in total. The van der Waals surface area contributed by atoms with Crippen molar-refractivity contribution in [2.45, 2.75) is 17.5 Å². The first-order valence-corrected chi connectivity index (χ1v) is 11.6. The number of alkyl halides is 3. The molecule has 0 saturated carbocycles. The molecule has 0 spiro atoms. The molecular formula is C20H16F5N5O5S. The molecule has 3 rings (SSSR count). The summed E-state index contributed by atoms with van der Waals surface area (Å²) in [4.78, 5) is 27.0. The predicted molar refractivity (Wildman–Crippen MR) is 114 cm³/mol. The van der Waals surface area contributed by atoms with Crippen LogP contribution in [0.15, 0.2) is 63.8 Å². The highest BCUT2D eigenvalue weighted by molar-refractivity contribution is 7.90. The Kier molecular flexibility index (Phi) is 7.40. The van der Waals surface area contributed by atoms with E-state index in [1.54, 1.807) is 0 Å². The Bertz CT molecular complexity index is 1490. The van der Waals surface area contributed by atoms with Crippen LogP contribution in [-0.4, -0.2) is 53.3 Å². The zero-order valence-corrected chi connectivity index (χ0v) is 19.0. The van der Waals surface area contributed by atoms with Crippen molar-refractivity contribution < 1.29 is 40.0 Å². The molecule has 0 fully saturated rings. The minimum atomic E-state index is -5.39. The lowest BCUT2D eigenvalue weighted by Crippen LogP contribution is -2.39. The van der Waals surface area contributed by atoms with Gasteiger partial charge in [-0.1, -0.05) is 18.2 Å². The molecule has 0 aliphatic heterocycles. The van der Waals surface area contributed by atoms with E-state index < -0.39 is 40.3 Å². The van der Waals surface area contributed by atoms with E-state index in [0.717, 1.165) is 6.26 Å². The van der Waals surface area contributed by atoms with Crippen LogP contribution < -0.4 is 16.3 Å². The number of rotatable bonds is 7. The van der Waals surface area contributed by atoms with Crippen LogP contribution in [0.4, 0.5) is 22.0 Å². The number of nitrogens with zero attached hydrogens (tertiary/aromatic N) is 4. The number of nitrogens with two attached hydrogens (primary N) is 1. The van der Waals surface area contributed by atoms with E-state index in [1.807, 2.05) is 0 Å². The minimum absolute atomic E-state index is 0.00746. The van der Waals surface area contributed by atoms with Crippen molar-refractivity contribution in [3.63, 3.8) is 0 Å². The third kappa shape index (κ3) is 5.83. The van der Waals surface area contributed by atoms with Crippen molar-refractivity contribution in [1.29, 1.82) is 0 Å². The number of tetrazole rings is 1. The van der Waals surface area contributed by atoms with Crippen molar-refractivity contribution in [3.05, 3.63) is 70.2 Å². The summed E-state index contributed by atoms with van der Waals surface area (Å²) in [5, 5.41) is 6.46. The Morgan fingerprint density at radius 1 is 1.08 bits per heavy atom. The molecule has 16 heteroatoms. The Hall–Kier alpha value is -3.92. The van der Waals surface area contributed by atoms with E-state index in [2.05, 4.69) is 15.3 Å². The van der Waals surface area contributed by atoms with Gasteiger partial charge in [0, 0.05) is 24.8 Å². The third-order valence-electron chi connectivity index (χ3n) is 4.81. The van der Waals surface area contributed by atoms with Crippen molar-refractivity contribution in [3.8, 4) is 16.8 Å². The molecule has 0 aliphatic carbocycles. The molecule has 36 heavy (non-hydrogen) atoms. The maximum absolute atomic E-state index is 13.2. The molecule has 0 aliphatic rings. The predicted octanol–water partition coefficient (Wildman–Crippen LogP) is 1.67. The SMILES string of the molecule is CS(=O)(=O)c1ccc(-c2cc(-n3nnn(OC(=O)C(F)(F)F)c3=O)ccc2CC(CN)=C(F)F)cc1. The number of halogens is 5. The van der Waals surface area contributed by atoms with Gasteiger partial charge in [0.15, 0.2) is 9.84 Å². The Balaban J connectivity index is 2.11. The molecule has 1 heterocycles. The van der Waals surface area contributed by atoms with Crippen LogP contribution in [0.25, 0.3) is 16.8 Å². The van der Waals surface area contributed by atoms with Crippen LogP contribution in [-0.2, 0) is 21.1 Å². The molecule has 0 amide bonds. The first-order chi connectivity index (χ1) is 16.7. The number of carbonyl (C=O) groups is 1. The quantitative estimate of drug-likeness (QED) is 0.358. The second-order valence-electron chi connectivity index (χ2n) is 7.31. The fourth-order valence-corrected chi connectivity index (χ4v) is 3.66. The summed E-state index contributed by atoms with van der Waals surface area (Å²) in [6, 6.07) is 9.27. The van der Waals surface area contributed by atoms with Crippen LogP contribution >= 0.6 is 0 Å². The second-order valence-corrected chi connectivity index (χ2v) is 9.32. The number of sulfone groups is 1. The van der Waals surface area contributed by atoms with Crippen LogP contribution in [0.2, 0.25) is 0 Å². The van der Waals surface area contributed by atoms with Crippen LogP contribution in [0.3, 0.4) is 0 Å². The monoisotopic (exact) mass is 533 g/mol. The summed E-state index contributed by atoms with van der Waals surface area (Å²) >= 11 is 0. The summed E-state index contributed by atoms with van der Waals surface area (Å²) < 4.78 is 87.8. The average Bonchev–Trinajstić information content (AvgIpc) is 3.16. The van der Waals surface area contributed by atoms with Crippen LogP contribution in [0, 0.1) is 0 Å². The lowest BCUT2D eigenvalue weighted by molar-refractivity contribution is -0.202. The van der Waals surface area contributed by atoms with Gasteiger partial charge in [0.05, 0.1) is 10.6 Å². The summed E-state index contributed by atoms with van der Waals surface area (Å²) in [5.74, 6) is -2.70. The standard InChI is InChI=1S/C20H16F5N5O5S/c1-36(33,34)15-6-3-11(4-7-15)16-9-14(5-2-12(16)8-13(10-26)17(21)22)29-19(32)30(28-27-29)35-18(31)20(23,24)25/h2-7,9H,8,10,26H2,1H3. The summed E-state index contributed by atoms with van der Waals surface area (Å²) in [5.41, 5.74) is 4.51. The van der Waals surface area contributed by atoms with Crippen LogP contribution in [0.5, 0.6) is 0 Å². The van der Waals surface area contributed by atoms with Crippen LogP contribution in [0.1, 0.15) is 5.56 Å². The summed E-state index contributed by atoms with van der Waals surface area (Å²) in [6.07, 6.45) is -6.67. The molecule has 192 valence electrons. The van der Waals surface area contributed by atoms with Gasteiger partial charge in [-0.3, -0.25) is 0 Å². The maximum atomic E-state index is 13.2. The molecule has 2 aromatic carbocycles. The highest BCUT2D eigenvalue weighted by Gasteiger charge is 2.42. The Labute approximate surface area is 199 Å². The van der Waals surface area contributed by atoms with E-state index in [9.17, 15) is 40.0 Å². The second kappa shape index (κ2) is 9.98. The average molecular weight is 533 g/mol. The van der Waals surface area contributed by atoms with Gasteiger partial charge in [-0.15, -0.1) is 0 Å². The van der Waals surface area contributed by atoms with Crippen molar-refractivity contribution in [2.75, 3.05) is 12.8 Å². The van der Waals surface area contributed by atoms with E-state index >= 15 is 0 Å². The topological polar surface area (TPSA) is 139 Å². The largest absolute Gasteiger partial charge is 0.493 e. The van der Waals surface area contributed by atoms with E-state index in [4.69, 9.17) is 5.73 Å². The van der Waals surface area contributed by atoms with Gasteiger partial charge < -0.3 is 10.6 Å². The smallest absolute Gasteiger partial charge is 0.327 e. The number of aromatic nitrogens is 4. The minimum Gasteiger partial charge on any atom is -0.327 e. The summed E-state index contributed by atoms with van der Waals surface area (Å²) in [7, 11) is -3.53. The zero-order chi connectivity index (χ0) is 26.8. The molecule has 0 atom stereocenters. The van der Waals surface area contributed by atoms with E-state index in [0.29, 0.717) is 15.8 Å². The van der Waals surface area contributed by atoms with Crippen molar-refractivity contribution >= 4 is 15.8 Å². The summed E-state index contributed by atoms with van der Waals surface area (Å²) in [6.45, 7) is -0.450. The van der Waals surface area contributed by atoms with Gasteiger partial charge in [0.25, 0.3) is 6.08 Å². The van der Waals surface area contributed by atoms with Gasteiger partial charge >= 0.3 is 17.8 Å². The molecule has 0 radical (unpaired) electrons. The lowest BCUT2D eigenvalue weighted by atomic mass is 9.94. The number of carbonyl (C=O) groups excluding carboxylic acids is 1. The molecule has 3 aromatic rings. The number of hydrogen-bond donors (Lipinski definition) is 1. The first kappa shape index (κ1) is 26.7. The fourth-order valence-electron chi connectivity index (χ4n) is 3.03. The molecule has 0 bridgehead atoms. The van der Waals surface area contributed by atoms with Gasteiger partial charge in [-0.05, 0) is 56.2 Å². The van der Waals surface area contributed by atoms with Gasteiger partial charge in [0.2, 0.25) is 0 Å². The first-order valence-electron chi connectivity index (χ1n) is 9.73. The molecule has 0 unspecified atom stereocenters. The molecule has 1 aromatic heterocycles. The van der Waals surface area contributed by atoms with E-state index in [1.165, 1.54) is 42.5 Å². The normalized spacial score (nSPS) is 11.9. The van der Waals surface area contributed by atoms with E-state index in [-0.39, 0.29) is 33.0 Å². The van der Waals surface area contributed by atoms with Gasteiger partial charge in [-0.25, -0.2) is 18.0 Å². The van der Waals surface area contributed by atoms with Gasteiger partial charge in [-0.2, -0.15) is 26.6 Å². The van der Waals surface area contributed by atoms with Crippen molar-refractivity contribution in [2.24, 2.45) is 5.73 Å². The highest BCUT2D eigenvalue weighted by Crippen LogP contribution is 2.29. The molecule has 0 saturated heterocycles. The zero-order valence-electron chi connectivity index (χ0n) is 18.2. The third-order valence-corrected chi connectivity index (χ3v) is 5.93. The van der Waals surface area contributed by atoms with Gasteiger partial charge in [0.1, 0.15) is 0 Å². The number of benzene rings is 2.